The fourth-order valence-electron chi connectivity index (χ4n) is 3.42. The normalized spacial score (nSPS) is 22.7. The van der Waals surface area contributed by atoms with Crippen molar-refractivity contribution in [3.8, 4) is 11.8 Å². The monoisotopic (exact) mass is 254 g/mol. The fourth-order valence-corrected chi connectivity index (χ4v) is 3.42. The largest absolute Gasteiger partial charge is 0.287 e. The van der Waals surface area contributed by atoms with Gasteiger partial charge in [0.05, 0.1) is 5.54 Å². The Morgan fingerprint density at radius 1 is 1.00 bits per heavy atom. The van der Waals surface area contributed by atoms with Crippen LogP contribution in [0.2, 0.25) is 0 Å². The Bertz CT molecular complexity index is 457. The first-order valence-electron chi connectivity index (χ1n) is 7.58. The van der Waals surface area contributed by atoms with Gasteiger partial charge in [-0.05, 0) is 56.8 Å². The summed E-state index contributed by atoms with van der Waals surface area (Å²) >= 11 is 0. The Balaban J connectivity index is 1.85. The molecule has 1 aliphatic heterocycles. The molecule has 2 heteroatoms. The lowest BCUT2D eigenvalue weighted by Gasteiger charge is -2.40. The van der Waals surface area contributed by atoms with Gasteiger partial charge in [0.1, 0.15) is 5.69 Å². The van der Waals surface area contributed by atoms with E-state index in [0.29, 0.717) is 0 Å². The Morgan fingerprint density at radius 3 is 2.47 bits per heavy atom. The molecule has 100 valence electrons. The Labute approximate surface area is 116 Å². The van der Waals surface area contributed by atoms with Gasteiger partial charge >= 0.3 is 0 Å². The average molecular weight is 254 g/mol. The number of hydrogen-bond donors (Lipinski definition) is 0. The predicted molar refractivity (Wildman–Crippen MR) is 77.7 cm³/mol. The Kier molecular flexibility index (Phi) is 3.84. The van der Waals surface area contributed by atoms with Crippen LogP contribution in [-0.2, 0) is 0 Å². The molecule has 1 aliphatic carbocycles. The van der Waals surface area contributed by atoms with Crippen LogP contribution in [0.4, 0.5) is 0 Å². The molecule has 1 saturated carbocycles. The lowest BCUT2D eigenvalue weighted by Crippen LogP contribution is -2.47. The van der Waals surface area contributed by atoms with Crippen molar-refractivity contribution >= 4 is 0 Å². The zero-order chi connectivity index (χ0) is 13.0. The van der Waals surface area contributed by atoms with Crippen LogP contribution >= 0.6 is 0 Å². The molecule has 1 aromatic rings. The number of rotatable bonds is 1. The van der Waals surface area contributed by atoms with E-state index >= 15 is 0 Å². The zero-order valence-corrected chi connectivity index (χ0v) is 11.6. The van der Waals surface area contributed by atoms with Crippen LogP contribution in [0.15, 0.2) is 24.4 Å². The van der Waals surface area contributed by atoms with Gasteiger partial charge in [-0.2, -0.15) is 0 Å². The van der Waals surface area contributed by atoms with Crippen LogP contribution in [0.25, 0.3) is 0 Å². The first-order valence-corrected chi connectivity index (χ1v) is 7.58. The average Bonchev–Trinajstić information content (AvgIpc) is 3.02. The summed E-state index contributed by atoms with van der Waals surface area (Å²) in [5.74, 6) is 6.94. The first-order chi connectivity index (χ1) is 9.39. The third-order valence-electron chi connectivity index (χ3n) is 4.48. The number of pyridine rings is 1. The minimum absolute atomic E-state index is 0.145. The lowest BCUT2D eigenvalue weighted by molar-refractivity contribution is 0.128. The molecule has 2 nitrogen and oxygen atoms in total. The van der Waals surface area contributed by atoms with Crippen molar-refractivity contribution in [1.29, 1.82) is 0 Å². The van der Waals surface area contributed by atoms with Crippen LogP contribution in [0.3, 0.4) is 0 Å². The van der Waals surface area contributed by atoms with Crippen LogP contribution in [0.5, 0.6) is 0 Å². The van der Waals surface area contributed by atoms with E-state index in [1.54, 1.807) is 0 Å². The molecule has 0 spiro atoms. The van der Waals surface area contributed by atoms with Gasteiger partial charge in [-0.15, -0.1) is 0 Å². The molecule has 1 saturated heterocycles. The van der Waals surface area contributed by atoms with Crippen molar-refractivity contribution in [3.05, 3.63) is 30.1 Å². The second-order valence-corrected chi connectivity index (χ2v) is 5.75. The number of hydrogen-bond acceptors (Lipinski definition) is 2. The van der Waals surface area contributed by atoms with E-state index in [-0.39, 0.29) is 5.54 Å². The molecule has 3 rings (SSSR count). The van der Waals surface area contributed by atoms with E-state index in [4.69, 9.17) is 0 Å². The number of nitrogens with zero attached hydrogens (tertiary/aromatic N) is 2. The molecule has 0 amide bonds. The van der Waals surface area contributed by atoms with Crippen LogP contribution < -0.4 is 0 Å². The highest BCUT2D eigenvalue weighted by atomic mass is 15.2. The molecule has 0 radical (unpaired) electrons. The molecule has 0 atom stereocenters. The van der Waals surface area contributed by atoms with E-state index in [0.717, 1.165) is 5.69 Å². The van der Waals surface area contributed by atoms with Crippen molar-refractivity contribution in [3.63, 3.8) is 0 Å². The lowest BCUT2D eigenvalue weighted by atomic mass is 9.80. The summed E-state index contributed by atoms with van der Waals surface area (Å²) < 4.78 is 0. The van der Waals surface area contributed by atoms with Crippen LogP contribution in [-0.4, -0.2) is 28.5 Å². The third-order valence-corrected chi connectivity index (χ3v) is 4.48. The molecular weight excluding hydrogens is 232 g/mol. The highest BCUT2D eigenvalue weighted by Crippen LogP contribution is 2.35. The molecule has 19 heavy (non-hydrogen) atoms. The van der Waals surface area contributed by atoms with Gasteiger partial charge in [-0.3, -0.25) is 4.90 Å². The SMILES string of the molecule is C(#CC1(N2CCCC2)CCCCC1)c1ccccn1. The summed E-state index contributed by atoms with van der Waals surface area (Å²) in [6.07, 6.45) is 11.0. The molecule has 2 fully saturated rings. The minimum atomic E-state index is 0.145. The van der Waals surface area contributed by atoms with E-state index in [1.807, 2.05) is 24.4 Å². The van der Waals surface area contributed by atoms with Crippen molar-refractivity contribution in [2.45, 2.75) is 50.5 Å². The maximum Gasteiger partial charge on any atom is 0.113 e. The summed E-state index contributed by atoms with van der Waals surface area (Å²) in [4.78, 5) is 6.97. The second kappa shape index (κ2) is 5.75. The van der Waals surface area contributed by atoms with Gasteiger partial charge in [0, 0.05) is 6.20 Å². The van der Waals surface area contributed by atoms with Crippen LogP contribution in [0, 0.1) is 11.8 Å². The predicted octanol–water partition coefficient (Wildman–Crippen LogP) is 3.23. The van der Waals surface area contributed by atoms with E-state index < -0.39 is 0 Å². The molecule has 1 aromatic heterocycles. The first kappa shape index (κ1) is 12.7. The smallest absolute Gasteiger partial charge is 0.113 e. The molecule has 2 aliphatic rings. The Morgan fingerprint density at radius 2 is 1.79 bits per heavy atom. The van der Waals surface area contributed by atoms with E-state index in [9.17, 15) is 0 Å². The van der Waals surface area contributed by atoms with Crippen molar-refractivity contribution < 1.29 is 0 Å². The summed E-state index contributed by atoms with van der Waals surface area (Å²) in [5, 5.41) is 0. The standard InChI is InChI=1S/C17H22N2/c1-3-10-17(11-4-1,19-14-6-7-15-19)12-9-16-8-2-5-13-18-16/h2,5,8,13H,1,3-4,6-7,10-11,14-15H2. The van der Waals surface area contributed by atoms with Gasteiger partial charge in [0.15, 0.2) is 0 Å². The van der Waals surface area contributed by atoms with Crippen molar-refractivity contribution in [2.75, 3.05) is 13.1 Å². The van der Waals surface area contributed by atoms with Gasteiger partial charge < -0.3 is 0 Å². The summed E-state index contributed by atoms with van der Waals surface area (Å²) in [7, 11) is 0. The molecular formula is C17H22N2. The molecule has 0 N–H and O–H groups in total. The third kappa shape index (κ3) is 2.82. The zero-order valence-electron chi connectivity index (χ0n) is 11.6. The molecule has 0 aromatic carbocycles. The summed E-state index contributed by atoms with van der Waals surface area (Å²) in [5.41, 5.74) is 1.05. The maximum atomic E-state index is 4.33. The highest BCUT2D eigenvalue weighted by molar-refractivity contribution is 5.32. The minimum Gasteiger partial charge on any atom is -0.287 e. The van der Waals surface area contributed by atoms with Gasteiger partial charge in [0.2, 0.25) is 0 Å². The molecule has 0 unspecified atom stereocenters. The van der Waals surface area contributed by atoms with E-state index in [1.165, 1.54) is 58.0 Å². The number of likely N-dealkylation sites (tertiary alicyclic amines) is 1. The van der Waals surface area contributed by atoms with Crippen molar-refractivity contribution in [1.82, 2.24) is 9.88 Å². The molecule has 0 bridgehead atoms. The van der Waals surface area contributed by atoms with Crippen LogP contribution in [0.1, 0.15) is 50.6 Å². The highest BCUT2D eigenvalue weighted by Gasteiger charge is 2.37. The quantitative estimate of drug-likeness (QED) is 0.715. The van der Waals surface area contributed by atoms with Crippen molar-refractivity contribution in [2.24, 2.45) is 0 Å². The Hall–Kier alpha value is -1.33. The molecule has 2 heterocycles. The van der Waals surface area contributed by atoms with Gasteiger partial charge in [-0.1, -0.05) is 31.2 Å². The summed E-state index contributed by atoms with van der Waals surface area (Å²) in [6, 6.07) is 5.97. The maximum absolute atomic E-state index is 4.33. The summed E-state index contributed by atoms with van der Waals surface area (Å²) in [6.45, 7) is 2.47. The number of aromatic nitrogens is 1. The van der Waals surface area contributed by atoms with E-state index in [2.05, 4.69) is 21.7 Å². The van der Waals surface area contributed by atoms with Gasteiger partial charge in [-0.25, -0.2) is 4.98 Å². The van der Waals surface area contributed by atoms with Gasteiger partial charge in [0.25, 0.3) is 0 Å². The topological polar surface area (TPSA) is 16.1 Å². The second-order valence-electron chi connectivity index (χ2n) is 5.75. The fraction of sp³-hybridized carbons (Fsp3) is 0.588.